The minimum atomic E-state index is -0.754. The van der Waals surface area contributed by atoms with E-state index in [9.17, 15) is 9.59 Å². The number of anilines is 2. The number of rotatable bonds is 5. The van der Waals surface area contributed by atoms with E-state index in [2.05, 4.69) is 30.9 Å². The summed E-state index contributed by atoms with van der Waals surface area (Å²) in [7, 11) is 0. The molecule has 1 unspecified atom stereocenters. The summed E-state index contributed by atoms with van der Waals surface area (Å²) in [6.45, 7) is 5.13. The Labute approximate surface area is 216 Å². The first-order chi connectivity index (χ1) is 17.8. The minimum absolute atomic E-state index is 0.133. The molecule has 1 aliphatic heterocycles. The molecule has 186 valence electrons. The Morgan fingerprint density at radius 2 is 1.92 bits per heavy atom. The van der Waals surface area contributed by atoms with E-state index in [4.69, 9.17) is 21.0 Å². The molecule has 1 aliphatic rings. The molecule has 4 heterocycles. The van der Waals surface area contributed by atoms with Crippen molar-refractivity contribution in [2.45, 2.75) is 26.8 Å². The second kappa shape index (κ2) is 9.82. The highest BCUT2D eigenvalue weighted by Gasteiger charge is 2.31. The van der Waals surface area contributed by atoms with Crippen molar-refractivity contribution in [2.75, 3.05) is 10.6 Å². The molecule has 3 N–H and O–H groups in total. The zero-order valence-electron chi connectivity index (χ0n) is 20.2. The maximum atomic E-state index is 13.5. The van der Waals surface area contributed by atoms with Crippen molar-refractivity contribution >= 4 is 52.3 Å². The molecule has 0 fully saturated rings. The zero-order valence-corrected chi connectivity index (χ0v) is 20.9. The lowest BCUT2D eigenvalue weighted by atomic mass is 9.95. The van der Waals surface area contributed by atoms with Gasteiger partial charge in [-0.15, -0.1) is 0 Å². The third-order valence-electron chi connectivity index (χ3n) is 5.74. The highest BCUT2D eigenvalue weighted by molar-refractivity contribution is 6.31. The maximum absolute atomic E-state index is 13.5. The summed E-state index contributed by atoms with van der Waals surface area (Å²) >= 11 is 6.60. The molecule has 0 saturated carbocycles. The summed E-state index contributed by atoms with van der Waals surface area (Å²) in [5, 5.41) is 9.38. The number of carbonyl (C=O) groups is 2. The summed E-state index contributed by atoms with van der Waals surface area (Å²) in [5.74, 6) is -0.00191. The number of aryl methyl sites for hydroxylation is 1. The average Bonchev–Trinajstić information content (AvgIpc) is 3.26. The molecule has 5 rings (SSSR count). The van der Waals surface area contributed by atoms with Crippen LogP contribution in [-0.2, 0) is 4.79 Å². The molecular formula is C26H22ClN7O3. The number of hydrogen-bond donors (Lipinski definition) is 3. The fourth-order valence-corrected chi connectivity index (χ4v) is 4.28. The van der Waals surface area contributed by atoms with Crippen molar-refractivity contribution in [3.8, 4) is 0 Å². The fraction of sp³-hybridized carbons (Fsp3) is 0.154. The van der Waals surface area contributed by atoms with Crippen LogP contribution in [0.4, 0.5) is 11.8 Å². The Kier molecular flexibility index (Phi) is 6.41. The van der Waals surface area contributed by atoms with Crippen LogP contribution in [0.15, 0.2) is 75.5 Å². The Hall–Kier alpha value is -4.57. The van der Waals surface area contributed by atoms with Crippen LogP contribution in [0.5, 0.6) is 0 Å². The number of ketones is 1. The first-order valence-corrected chi connectivity index (χ1v) is 11.7. The van der Waals surface area contributed by atoms with Crippen molar-refractivity contribution in [1.29, 1.82) is 0 Å². The lowest BCUT2D eigenvalue weighted by Gasteiger charge is -2.27. The molecule has 0 bridgehead atoms. The van der Waals surface area contributed by atoms with Gasteiger partial charge in [0.15, 0.2) is 5.78 Å². The van der Waals surface area contributed by atoms with E-state index < -0.39 is 11.9 Å². The zero-order chi connectivity index (χ0) is 26.1. The van der Waals surface area contributed by atoms with Gasteiger partial charge in [0.25, 0.3) is 5.91 Å². The van der Waals surface area contributed by atoms with E-state index in [0.29, 0.717) is 44.6 Å². The number of fused-ring (bicyclic) bond motifs is 1. The third-order valence-corrected chi connectivity index (χ3v) is 6.06. The monoisotopic (exact) mass is 515 g/mol. The van der Waals surface area contributed by atoms with Crippen molar-refractivity contribution in [3.63, 3.8) is 0 Å². The Balaban J connectivity index is 1.50. The predicted octanol–water partition coefficient (Wildman–Crippen LogP) is 4.81. The van der Waals surface area contributed by atoms with Gasteiger partial charge >= 0.3 is 6.01 Å². The summed E-state index contributed by atoms with van der Waals surface area (Å²) < 4.78 is 5.66. The molecule has 1 amide bonds. The van der Waals surface area contributed by atoms with Crippen molar-refractivity contribution in [1.82, 2.24) is 20.3 Å². The van der Waals surface area contributed by atoms with Crippen LogP contribution in [0, 0.1) is 6.92 Å². The SMILES string of the molecule is CC(=O)c1ccnc(NC(=O)C2=C(C)NC(Nc3nc4cccnc4o3)=NC2c2ccc(C)cc2Cl)c1. The number of carbonyl (C=O) groups excluding carboxylic acids is 2. The lowest BCUT2D eigenvalue weighted by molar-refractivity contribution is -0.113. The molecule has 0 aliphatic carbocycles. The fourth-order valence-electron chi connectivity index (χ4n) is 3.94. The summed E-state index contributed by atoms with van der Waals surface area (Å²) in [6, 6.07) is 11.7. The average molecular weight is 516 g/mol. The Morgan fingerprint density at radius 3 is 2.68 bits per heavy atom. The van der Waals surface area contributed by atoms with Gasteiger partial charge in [-0.3, -0.25) is 14.9 Å². The molecule has 10 nitrogen and oxygen atoms in total. The number of amides is 1. The highest BCUT2D eigenvalue weighted by Crippen LogP contribution is 2.36. The van der Waals surface area contributed by atoms with Gasteiger partial charge in [-0.2, -0.15) is 4.98 Å². The first-order valence-electron chi connectivity index (χ1n) is 11.4. The topological polar surface area (TPSA) is 134 Å². The molecule has 0 saturated heterocycles. The molecule has 0 radical (unpaired) electrons. The number of pyridine rings is 2. The summed E-state index contributed by atoms with van der Waals surface area (Å²) in [6.07, 6.45) is 3.08. The molecule has 4 aromatic rings. The molecule has 1 aromatic carbocycles. The quantitative estimate of drug-likeness (QED) is 0.322. The predicted molar refractivity (Wildman–Crippen MR) is 140 cm³/mol. The van der Waals surface area contributed by atoms with Crippen LogP contribution in [0.2, 0.25) is 5.02 Å². The summed E-state index contributed by atoms with van der Waals surface area (Å²) in [4.78, 5) is 42.7. The van der Waals surface area contributed by atoms with E-state index in [1.807, 2.05) is 25.1 Å². The maximum Gasteiger partial charge on any atom is 0.304 e. The number of allylic oxidation sites excluding steroid dienone is 1. The second-order valence-electron chi connectivity index (χ2n) is 8.48. The number of nitrogens with one attached hydrogen (secondary N) is 3. The van der Waals surface area contributed by atoms with E-state index >= 15 is 0 Å². The van der Waals surface area contributed by atoms with E-state index in [0.717, 1.165) is 5.56 Å². The number of Topliss-reactive ketones (excluding diaryl/α,β-unsaturated/α-hetero) is 1. The molecule has 37 heavy (non-hydrogen) atoms. The number of guanidine groups is 1. The smallest absolute Gasteiger partial charge is 0.304 e. The number of aromatic nitrogens is 3. The Bertz CT molecular complexity index is 1580. The van der Waals surface area contributed by atoms with Crippen molar-refractivity contribution in [2.24, 2.45) is 4.99 Å². The molecule has 1 atom stereocenters. The van der Waals surface area contributed by atoms with Crippen LogP contribution in [-0.4, -0.2) is 32.6 Å². The van der Waals surface area contributed by atoms with Gasteiger partial charge in [0, 0.05) is 34.2 Å². The number of nitrogens with zero attached hydrogens (tertiary/aromatic N) is 4. The molecule has 11 heteroatoms. The molecule has 0 spiro atoms. The molecular weight excluding hydrogens is 494 g/mol. The van der Waals surface area contributed by atoms with Gasteiger partial charge in [0.2, 0.25) is 11.7 Å². The standard InChI is InChI=1S/C26H22ClN7O3/c1-13-6-7-17(18(27)11-13)22-21(23(36)32-20-12-16(15(3)35)8-10-28-20)14(2)30-25(33-22)34-26-31-19-5-4-9-29-24(19)37-26/h4-12,22H,1-3H3,(H,28,32,36)(H2,30,31,33,34). The van der Waals surface area contributed by atoms with E-state index in [1.54, 1.807) is 31.3 Å². The van der Waals surface area contributed by atoms with Gasteiger partial charge in [-0.25, -0.2) is 15.0 Å². The van der Waals surface area contributed by atoms with Gasteiger partial charge in [0.1, 0.15) is 17.4 Å². The number of oxazole rings is 1. The lowest BCUT2D eigenvalue weighted by Crippen LogP contribution is -2.37. The van der Waals surface area contributed by atoms with Gasteiger partial charge in [-0.05, 0) is 56.7 Å². The van der Waals surface area contributed by atoms with Crippen LogP contribution >= 0.6 is 11.6 Å². The third kappa shape index (κ3) is 5.05. The largest absolute Gasteiger partial charge is 0.404 e. The minimum Gasteiger partial charge on any atom is -0.404 e. The van der Waals surface area contributed by atoms with Crippen LogP contribution in [0.3, 0.4) is 0 Å². The van der Waals surface area contributed by atoms with Crippen molar-refractivity contribution < 1.29 is 14.0 Å². The van der Waals surface area contributed by atoms with Crippen LogP contribution in [0.1, 0.15) is 41.4 Å². The van der Waals surface area contributed by atoms with Crippen LogP contribution in [0.25, 0.3) is 11.2 Å². The summed E-state index contributed by atoms with van der Waals surface area (Å²) in [5.41, 5.74) is 3.90. The number of aliphatic imine (C=N–C) groups is 1. The highest BCUT2D eigenvalue weighted by atomic mass is 35.5. The van der Waals surface area contributed by atoms with Gasteiger partial charge in [-0.1, -0.05) is 23.7 Å². The van der Waals surface area contributed by atoms with E-state index in [-0.39, 0.29) is 17.6 Å². The number of halogens is 1. The van der Waals surface area contributed by atoms with Gasteiger partial charge in [0.05, 0.1) is 5.57 Å². The normalized spacial score (nSPS) is 15.2. The van der Waals surface area contributed by atoms with Gasteiger partial charge < -0.3 is 15.1 Å². The Morgan fingerprint density at radius 1 is 1.08 bits per heavy atom. The molecule has 3 aromatic heterocycles. The second-order valence-corrected chi connectivity index (χ2v) is 8.89. The van der Waals surface area contributed by atoms with Crippen LogP contribution < -0.4 is 16.0 Å². The number of hydrogen-bond acceptors (Lipinski definition) is 9. The number of benzene rings is 1. The first kappa shape index (κ1) is 24.1. The van der Waals surface area contributed by atoms with Crippen molar-refractivity contribution in [3.05, 3.63) is 87.8 Å². The van der Waals surface area contributed by atoms with E-state index in [1.165, 1.54) is 19.2 Å².